The van der Waals surface area contributed by atoms with Gasteiger partial charge in [0.25, 0.3) is 0 Å². The van der Waals surface area contributed by atoms with E-state index in [0.717, 1.165) is 16.5 Å². The van der Waals surface area contributed by atoms with Crippen molar-refractivity contribution in [3.63, 3.8) is 0 Å². The minimum Gasteiger partial charge on any atom is -0.469 e. The Morgan fingerprint density at radius 2 is 2.08 bits per heavy atom. The molecule has 0 aliphatic heterocycles. The smallest absolute Gasteiger partial charge is 0.244 e. The maximum absolute atomic E-state index is 12.3. The van der Waals surface area contributed by atoms with Gasteiger partial charge in [-0.3, -0.25) is 4.79 Å². The number of carbonyl (C=O) groups is 1. The second kappa shape index (κ2) is 6.23. The Labute approximate surface area is 145 Å². The number of hydrogen-bond acceptors (Lipinski definition) is 4. The molecule has 1 aliphatic rings. The van der Waals surface area contributed by atoms with Crippen molar-refractivity contribution in [2.75, 3.05) is 19.4 Å². The number of furan rings is 1. The van der Waals surface area contributed by atoms with Crippen LogP contribution < -0.4 is 5.32 Å². The highest BCUT2D eigenvalue weighted by atomic mass is 35.5. The Morgan fingerprint density at radius 3 is 2.71 bits per heavy atom. The molecule has 0 radical (unpaired) electrons. The van der Waals surface area contributed by atoms with Crippen LogP contribution in [0.5, 0.6) is 0 Å². The lowest BCUT2D eigenvalue weighted by Gasteiger charge is -2.14. The Kier molecular flexibility index (Phi) is 4.42. The molecule has 2 aromatic rings. The molecule has 8 heteroatoms. The summed E-state index contributed by atoms with van der Waals surface area (Å²) in [5, 5.41) is 2.86. The van der Waals surface area contributed by atoms with Crippen molar-refractivity contribution in [2.45, 2.75) is 17.2 Å². The number of sulfonamides is 1. The van der Waals surface area contributed by atoms with E-state index in [9.17, 15) is 13.2 Å². The number of nitrogens with one attached hydrogen (secondary N) is 1. The van der Waals surface area contributed by atoms with Crippen LogP contribution in [-0.4, -0.2) is 32.7 Å². The molecular formula is C16H17ClN2O4S. The average Bonchev–Trinajstić information content (AvgIpc) is 3.15. The lowest BCUT2D eigenvalue weighted by molar-refractivity contribution is -0.117. The third-order valence-electron chi connectivity index (χ3n) is 3.99. The summed E-state index contributed by atoms with van der Waals surface area (Å²) < 4.78 is 30.9. The maximum atomic E-state index is 12.3. The lowest BCUT2D eigenvalue weighted by Crippen LogP contribution is -2.23. The molecule has 3 rings (SSSR count). The van der Waals surface area contributed by atoms with Gasteiger partial charge in [0.1, 0.15) is 10.7 Å². The van der Waals surface area contributed by atoms with Crippen LogP contribution in [0.1, 0.15) is 18.1 Å². The van der Waals surface area contributed by atoms with E-state index in [1.165, 1.54) is 26.2 Å². The highest BCUT2D eigenvalue weighted by Gasteiger charge is 2.45. The lowest BCUT2D eigenvalue weighted by atomic mass is 10.2. The zero-order valence-corrected chi connectivity index (χ0v) is 14.8. The molecule has 1 aliphatic carbocycles. The summed E-state index contributed by atoms with van der Waals surface area (Å²) >= 11 is 6.00. The second-order valence-electron chi connectivity index (χ2n) is 5.89. The first kappa shape index (κ1) is 17.0. The number of halogens is 1. The van der Waals surface area contributed by atoms with Gasteiger partial charge in [0, 0.05) is 31.6 Å². The van der Waals surface area contributed by atoms with Crippen molar-refractivity contribution in [3.8, 4) is 0 Å². The molecule has 1 saturated carbocycles. The van der Waals surface area contributed by atoms with E-state index in [1.54, 1.807) is 18.4 Å². The number of anilines is 1. The zero-order chi connectivity index (χ0) is 17.5. The maximum Gasteiger partial charge on any atom is 0.244 e. The number of carbonyl (C=O) groups excluding carboxylic acids is 1. The van der Waals surface area contributed by atoms with Gasteiger partial charge in [0.05, 0.1) is 11.3 Å². The van der Waals surface area contributed by atoms with Gasteiger partial charge >= 0.3 is 0 Å². The number of nitrogens with zero attached hydrogens (tertiary/aromatic N) is 1. The van der Waals surface area contributed by atoms with Crippen LogP contribution in [-0.2, 0) is 14.8 Å². The van der Waals surface area contributed by atoms with Crippen LogP contribution in [0.3, 0.4) is 0 Å². The van der Waals surface area contributed by atoms with Crippen molar-refractivity contribution in [3.05, 3.63) is 47.4 Å². The van der Waals surface area contributed by atoms with Crippen LogP contribution in [0.4, 0.5) is 5.69 Å². The van der Waals surface area contributed by atoms with Crippen LogP contribution in [0.25, 0.3) is 0 Å². The first-order chi connectivity index (χ1) is 11.3. The Hall–Kier alpha value is -1.83. The normalized spacial score (nSPS) is 20.2. The van der Waals surface area contributed by atoms with E-state index in [1.807, 2.05) is 6.07 Å². The zero-order valence-electron chi connectivity index (χ0n) is 13.2. The summed E-state index contributed by atoms with van der Waals surface area (Å²) in [6.07, 6.45) is 2.30. The quantitative estimate of drug-likeness (QED) is 0.879. The molecule has 1 aromatic carbocycles. The summed E-state index contributed by atoms with van der Waals surface area (Å²) in [6.45, 7) is 0. The average molecular weight is 369 g/mol. The van der Waals surface area contributed by atoms with E-state index in [0.29, 0.717) is 5.69 Å². The monoisotopic (exact) mass is 368 g/mol. The van der Waals surface area contributed by atoms with Crippen LogP contribution in [0, 0.1) is 5.92 Å². The standard InChI is InChI=1S/C16H17ClN2O4S/c1-19(2)24(21,22)15-8-10(5-6-13(15)17)18-16(20)12-9-11(12)14-4-3-7-23-14/h3-8,11-12H,9H2,1-2H3,(H,18,20)/t11-,12+/m1/s1. The summed E-state index contributed by atoms with van der Waals surface area (Å²) in [5.41, 5.74) is 0.398. The number of amides is 1. The summed E-state index contributed by atoms with van der Waals surface area (Å²) in [5.74, 6) is 0.548. The van der Waals surface area contributed by atoms with E-state index >= 15 is 0 Å². The van der Waals surface area contributed by atoms with E-state index in [-0.39, 0.29) is 27.7 Å². The Bertz CT molecular complexity index is 862. The summed E-state index contributed by atoms with van der Waals surface area (Å²) in [7, 11) is -0.830. The van der Waals surface area contributed by atoms with Gasteiger partial charge in [0.15, 0.2) is 0 Å². The minimum atomic E-state index is -3.68. The van der Waals surface area contributed by atoms with Gasteiger partial charge in [-0.15, -0.1) is 0 Å². The van der Waals surface area contributed by atoms with Gasteiger partial charge < -0.3 is 9.73 Å². The fraction of sp³-hybridized carbons (Fsp3) is 0.312. The fourth-order valence-corrected chi connectivity index (χ4v) is 3.91. The van der Waals surface area contributed by atoms with Crippen LogP contribution in [0.15, 0.2) is 45.9 Å². The topological polar surface area (TPSA) is 79.6 Å². The van der Waals surface area contributed by atoms with Crippen molar-refractivity contribution in [1.82, 2.24) is 4.31 Å². The predicted octanol–water partition coefficient (Wildman–Crippen LogP) is 2.93. The van der Waals surface area contributed by atoms with Gasteiger partial charge in [-0.25, -0.2) is 12.7 Å². The van der Waals surface area contributed by atoms with E-state index < -0.39 is 10.0 Å². The number of hydrogen-bond donors (Lipinski definition) is 1. The van der Waals surface area contributed by atoms with Crippen molar-refractivity contribution in [1.29, 1.82) is 0 Å². The number of rotatable bonds is 5. The summed E-state index contributed by atoms with van der Waals surface area (Å²) in [4.78, 5) is 12.3. The Morgan fingerprint density at radius 1 is 1.33 bits per heavy atom. The molecule has 1 amide bonds. The van der Waals surface area contributed by atoms with Gasteiger partial charge in [-0.05, 0) is 36.8 Å². The molecule has 0 spiro atoms. The minimum absolute atomic E-state index is 0.0367. The van der Waals surface area contributed by atoms with Gasteiger partial charge in [-0.1, -0.05) is 11.6 Å². The molecule has 2 atom stereocenters. The Balaban J connectivity index is 1.76. The third kappa shape index (κ3) is 3.19. The summed E-state index contributed by atoms with van der Waals surface area (Å²) in [6, 6.07) is 8.06. The fourth-order valence-electron chi connectivity index (χ4n) is 2.51. The molecule has 1 heterocycles. The largest absolute Gasteiger partial charge is 0.469 e. The molecule has 1 aromatic heterocycles. The predicted molar refractivity (Wildman–Crippen MR) is 90.5 cm³/mol. The third-order valence-corrected chi connectivity index (χ3v) is 6.29. The highest BCUT2D eigenvalue weighted by Crippen LogP contribution is 2.48. The number of benzene rings is 1. The second-order valence-corrected chi connectivity index (χ2v) is 8.41. The molecule has 128 valence electrons. The molecule has 6 nitrogen and oxygen atoms in total. The van der Waals surface area contributed by atoms with Gasteiger partial charge in [-0.2, -0.15) is 0 Å². The molecule has 0 unspecified atom stereocenters. The highest BCUT2D eigenvalue weighted by molar-refractivity contribution is 7.89. The molecular weight excluding hydrogens is 352 g/mol. The first-order valence-electron chi connectivity index (χ1n) is 7.37. The SMILES string of the molecule is CN(C)S(=O)(=O)c1cc(NC(=O)[C@H]2C[C@H]2c2ccco2)ccc1Cl. The molecule has 24 heavy (non-hydrogen) atoms. The van der Waals surface area contributed by atoms with Crippen LogP contribution in [0.2, 0.25) is 5.02 Å². The van der Waals surface area contributed by atoms with Crippen molar-refractivity contribution < 1.29 is 17.6 Å². The molecule has 1 N–H and O–H groups in total. The molecule has 0 saturated heterocycles. The van der Waals surface area contributed by atoms with E-state index in [2.05, 4.69) is 5.32 Å². The molecule has 0 bridgehead atoms. The molecule has 1 fully saturated rings. The van der Waals surface area contributed by atoms with Crippen molar-refractivity contribution >= 4 is 33.2 Å². The van der Waals surface area contributed by atoms with E-state index in [4.69, 9.17) is 16.0 Å². The van der Waals surface area contributed by atoms with Crippen LogP contribution >= 0.6 is 11.6 Å². The van der Waals surface area contributed by atoms with Crippen molar-refractivity contribution in [2.24, 2.45) is 5.92 Å². The van der Waals surface area contributed by atoms with Gasteiger partial charge in [0.2, 0.25) is 15.9 Å². The first-order valence-corrected chi connectivity index (χ1v) is 9.19.